The number of carbonyl (C=O) groups excluding carboxylic acids is 1. The minimum Gasteiger partial charge on any atom is -0.272 e. The number of thiol groups is 1. The maximum atomic E-state index is 11.3. The first-order valence-corrected chi connectivity index (χ1v) is 8.01. The van der Waals surface area contributed by atoms with Crippen molar-refractivity contribution in [3.63, 3.8) is 0 Å². The van der Waals surface area contributed by atoms with Crippen LogP contribution in [0.15, 0.2) is 30.6 Å². The van der Waals surface area contributed by atoms with Crippen LogP contribution in [-0.4, -0.2) is 26.8 Å². The molecule has 2 N–H and O–H groups in total. The average Bonchev–Trinajstić information content (AvgIpc) is 3.07. The molecule has 0 bridgehead atoms. The van der Waals surface area contributed by atoms with E-state index in [0.29, 0.717) is 5.69 Å². The average molecular weight is 331 g/mol. The number of H-pyrrole nitrogens is 1. The summed E-state index contributed by atoms with van der Waals surface area (Å²) >= 11 is 4.15. The lowest BCUT2D eigenvalue weighted by Crippen LogP contribution is -2.17. The molecule has 2 rings (SSSR count). The quantitative estimate of drug-likeness (QED) is 0.446. The van der Waals surface area contributed by atoms with Gasteiger partial charge in [0.25, 0.3) is 5.91 Å². The molecule has 0 fully saturated rings. The third-order valence-electron chi connectivity index (χ3n) is 3.06. The van der Waals surface area contributed by atoms with E-state index in [4.69, 9.17) is 5.26 Å². The van der Waals surface area contributed by atoms with Gasteiger partial charge in [-0.3, -0.25) is 20.2 Å². The van der Waals surface area contributed by atoms with Crippen molar-refractivity contribution in [2.75, 3.05) is 5.75 Å². The highest BCUT2D eigenvalue weighted by atomic mass is 32.1. The van der Waals surface area contributed by atoms with Gasteiger partial charge in [-0.05, 0) is 29.9 Å². The van der Waals surface area contributed by atoms with Crippen LogP contribution in [0.3, 0.4) is 0 Å². The molecule has 122 valence electrons. The Bertz CT molecular complexity index is 635. The van der Waals surface area contributed by atoms with E-state index in [-0.39, 0.29) is 5.69 Å². The first kappa shape index (κ1) is 18.7. The van der Waals surface area contributed by atoms with Gasteiger partial charge in [0.2, 0.25) is 0 Å². The van der Waals surface area contributed by atoms with Crippen LogP contribution in [0, 0.1) is 17.4 Å². The summed E-state index contributed by atoms with van der Waals surface area (Å²) in [6, 6.07) is 5.13. The van der Waals surface area contributed by atoms with Gasteiger partial charge >= 0.3 is 0 Å². The fraction of sp³-hybridized carbons (Fsp3) is 0.375. The Labute approximate surface area is 141 Å². The molecule has 23 heavy (non-hydrogen) atoms. The van der Waals surface area contributed by atoms with E-state index < -0.39 is 5.91 Å². The summed E-state index contributed by atoms with van der Waals surface area (Å²) in [7, 11) is 0. The van der Waals surface area contributed by atoms with Crippen molar-refractivity contribution in [3.05, 3.63) is 36.3 Å². The SMILES string of the molecule is CCCC(C)CS.N#CNC(=O)c1cc(-c2ccncc2)n[nH]1. The number of nitrogens with zero attached hydrogens (tertiary/aromatic N) is 3. The van der Waals surface area contributed by atoms with Gasteiger partial charge in [-0.2, -0.15) is 23.0 Å². The van der Waals surface area contributed by atoms with Gasteiger partial charge in [-0.15, -0.1) is 0 Å². The van der Waals surface area contributed by atoms with Crippen LogP contribution in [0.1, 0.15) is 37.2 Å². The molecular weight excluding hydrogens is 310 g/mol. The molecule has 1 amide bonds. The Morgan fingerprint density at radius 2 is 2.17 bits per heavy atom. The summed E-state index contributed by atoms with van der Waals surface area (Å²) in [6.45, 7) is 4.44. The van der Waals surface area contributed by atoms with Crippen molar-refractivity contribution in [2.45, 2.75) is 26.7 Å². The molecule has 2 aromatic heterocycles. The third kappa shape index (κ3) is 6.53. The molecule has 7 heteroatoms. The number of hydrogen-bond donors (Lipinski definition) is 3. The van der Waals surface area contributed by atoms with Crippen LogP contribution in [0.25, 0.3) is 11.3 Å². The zero-order valence-electron chi connectivity index (χ0n) is 13.3. The minimum absolute atomic E-state index is 0.244. The second-order valence-corrected chi connectivity index (χ2v) is 5.41. The van der Waals surface area contributed by atoms with Gasteiger partial charge in [-0.25, -0.2) is 0 Å². The van der Waals surface area contributed by atoms with E-state index in [9.17, 15) is 4.79 Å². The van der Waals surface area contributed by atoms with Gasteiger partial charge in [0.05, 0.1) is 5.69 Å². The maximum absolute atomic E-state index is 11.3. The van der Waals surface area contributed by atoms with Crippen LogP contribution >= 0.6 is 12.6 Å². The number of aromatic nitrogens is 3. The van der Waals surface area contributed by atoms with E-state index >= 15 is 0 Å². The summed E-state index contributed by atoms with van der Waals surface area (Å²) < 4.78 is 0. The minimum atomic E-state index is -0.504. The summed E-state index contributed by atoms with van der Waals surface area (Å²) in [5.74, 6) is 1.34. The van der Waals surface area contributed by atoms with Crippen LogP contribution in [0.4, 0.5) is 0 Å². The van der Waals surface area contributed by atoms with Crippen molar-refractivity contribution in [3.8, 4) is 17.5 Å². The molecule has 6 nitrogen and oxygen atoms in total. The molecule has 0 saturated heterocycles. The monoisotopic (exact) mass is 331 g/mol. The maximum Gasteiger partial charge on any atom is 0.282 e. The standard InChI is InChI=1S/C10H7N5O.C6H14S/c11-6-13-10(16)9-5-8(14-15-9)7-1-3-12-4-2-7;1-3-4-6(2)5-7/h1-5H,(H,13,16)(H,14,15);6-7H,3-5H2,1-2H3. The van der Waals surface area contributed by atoms with Crippen molar-refractivity contribution < 1.29 is 4.79 Å². The molecule has 1 atom stereocenters. The van der Waals surface area contributed by atoms with Gasteiger partial charge in [0.15, 0.2) is 6.19 Å². The van der Waals surface area contributed by atoms with Gasteiger partial charge in [0.1, 0.15) is 5.69 Å². The van der Waals surface area contributed by atoms with E-state index in [1.54, 1.807) is 36.8 Å². The highest BCUT2D eigenvalue weighted by Crippen LogP contribution is 2.15. The predicted octanol–water partition coefficient (Wildman–Crippen LogP) is 3.03. The molecule has 1 unspecified atom stereocenters. The molecule has 0 aliphatic rings. The van der Waals surface area contributed by atoms with Gasteiger partial charge < -0.3 is 0 Å². The van der Waals surface area contributed by atoms with Crippen LogP contribution in [0.5, 0.6) is 0 Å². The number of nitrogens with one attached hydrogen (secondary N) is 2. The van der Waals surface area contributed by atoms with Crippen molar-refractivity contribution in [2.24, 2.45) is 5.92 Å². The number of amides is 1. The second-order valence-electron chi connectivity index (χ2n) is 5.05. The molecule has 2 heterocycles. The van der Waals surface area contributed by atoms with E-state index in [0.717, 1.165) is 17.2 Å². The third-order valence-corrected chi connectivity index (χ3v) is 3.68. The number of rotatable bonds is 5. The lowest BCUT2D eigenvalue weighted by molar-refractivity contribution is 0.0968. The fourth-order valence-electron chi connectivity index (χ4n) is 1.81. The molecular formula is C16H21N5OS. The van der Waals surface area contributed by atoms with Gasteiger partial charge in [-0.1, -0.05) is 26.7 Å². The Morgan fingerprint density at radius 3 is 2.70 bits per heavy atom. The number of carbonyl (C=O) groups is 1. The largest absolute Gasteiger partial charge is 0.282 e. The summed E-state index contributed by atoms with van der Waals surface area (Å²) in [4.78, 5) is 15.2. The number of pyridine rings is 1. The number of nitriles is 1. The van der Waals surface area contributed by atoms with Gasteiger partial charge in [0, 0.05) is 18.0 Å². The van der Waals surface area contributed by atoms with E-state index in [1.165, 1.54) is 12.8 Å². The van der Waals surface area contributed by atoms with E-state index in [2.05, 4.69) is 41.7 Å². The fourth-order valence-corrected chi connectivity index (χ4v) is 1.99. The lowest BCUT2D eigenvalue weighted by Gasteiger charge is -2.01. The Balaban J connectivity index is 0.000000322. The van der Waals surface area contributed by atoms with Crippen molar-refractivity contribution in [1.29, 1.82) is 5.26 Å². The molecule has 0 radical (unpaired) electrons. The highest BCUT2D eigenvalue weighted by molar-refractivity contribution is 7.80. The molecule has 0 saturated carbocycles. The summed E-state index contributed by atoms with van der Waals surface area (Å²) in [5.41, 5.74) is 1.72. The smallest absolute Gasteiger partial charge is 0.272 e. The highest BCUT2D eigenvalue weighted by Gasteiger charge is 2.09. The molecule has 0 aliphatic carbocycles. The van der Waals surface area contributed by atoms with Crippen LogP contribution < -0.4 is 5.32 Å². The van der Waals surface area contributed by atoms with Crippen molar-refractivity contribution >= 4 is 18.5 Å². The lowest BCUT2D eigenvalue weighted by atomic mass is 10.1. The topological polar surface area (TPSA) is 94.5 Å². The Hall–Kier alpha value is -2.33. The van der Waals surface area contributed by atoms with E-state index in [1.807, 2.05) is 5.32 Å². The molecule has 0 spiro atoms. The first-order valence-electron chi connectivity index (χ1n) is 7.38. The molecule has 2 aromatic rings. The number of hydrogen-bond acceptors (Lipinski definition) is 5. The van der Waals surface area contributed by atoms with Crippen LogP contribution in [0.2, 0.25) is 0 Å². The summed E-state index contributed by atoms with van der Waals surface area (Å²) in [5, 5.41) is 16.8. The molecule has 0 aromatic carbocycles. The predicted molar refractivity (Wildman–Crippen MR) is 92.8 cm³/mol. The Kier molecular flexibility index (Phi) is 8.47. The summed E-state index contributed by atoms with van der Waals surface area (Å²) in [6.07, 6.45) is 7.45. The second kappa shape index (κ2) is 10.4. The number of aromatic amines is 1. The van der Waals surface area contributed by atoms with Crippen molar-refractivity contribution in [1.82, 2.24) is 20.5 Å². The first-order chi connectivity index (χ1) is 11.1. The van der Waals surface area contributed by atoms with Crippen LogP contribution in [-0.2, 0) is 0 Å². The zero-order chi connectivity index (χ0) is 17.1. The zero-order valence-corrected chi connectivity index (χ0v) is 14.2. The Morgan fingerprint density at radius 1 is 1.48 bits per heavy atom. The molecule has 0 aliphatic heterocycles. The normalized spacial score (nSPS) is 10.9.